The quantitative estimate of drug-likeness (QED) is 0.125. The first-order chi connectivity index (χ1) is 18.5. The van der Waals surface area contributed by atoms with E-state index >= 15 is 0 Å². The summed E-state index contributed by atoms with van der Waals surface area (Å²) in [6, 6.07) is 16.2. The highest BCUT2D eigenvalue weighted by Crippen LogP contribution is 2.33. The molecule has 3 nitrogen and oxygen atoms in total. The molecule has 0 amide bonds. The summed E-state index contributed by atoms with van der Waals surface area (Å²) in [6.07, 6.45) is 17.3. The van der Waals surface area contributed by atoms with Gasteiger partial charge in [0.15, 0.2) is 0 Å². The average Bonchev–Trinajstić information content (AvgIpc) is 2.94. The summed E-state index contributed by atoms with van der Waals surface area (Å²) in [6.45, 7) is 9.03. The van der Waals surface area contributed by atoms with Gasteiger partial charge in [-0.25, -0.2) is 0 Å². The van der Waals surface area contributed by atoms with Gasteiger partial charge in [0.25, 0.3) is 0 Å². The lowest BCUT2D eigenvalue weighted by Gasteiger charge is -2.27. The Labute approximate surface area is 232 Å². The van der Waals surface area contributed by atoms with Crippen LogP contribution < -0.4 is 9.47 Å². The van der Waals surface area contributed by atoms with Crippen molar-refractivity contribution in [1.29, 1.82) is 0 Å². The van der Waals surface area contributed by atoms with Gasteiger partial charge in [-0.3, -0.25) is 4.79 Å². The molecular weight excluding hydrogens is 468 g/mol. The predicted octanol–water partition coefficient (Wildman–Crippen LogP) is 10.4. The van der Waals surface area contributed by atoms with Crippen molar-refractivity contribution in [1.82, 2.24) is 0 Å². The third kappa shape index (κ3) is 10.5. The summed E-state index contributed by atoms with van der Waals surface area (Å²) in [5, 5.41) is 0. The molecule has 3 heteroatoms. The van der Waals surface area contributed by atoms with Crippen LogP contribution in [0.15, 0.2) is 48.5 Å². The van der Waals surface area contributed by atoms with Crippen LogP contribution in [0.5, 0.6) is 11.5 Å². The summed E-state index contributed by atoms with van der Waals surface area (Å²) in [4.78, 5) is 12.8. The molecule has 0 spiro atoms. The molecule has 0 bridgehead atoms. The number of esters is 1. The van der Waals surface area contributed by atoms with Gasteiger partial charge in [0, 0.05) is 0 Å². The summed E-state index contributed by atoms with van der Waals surface area (Å²) in [5.41, 5.74) is 2.24. The van der Waals surface area contributed by atoms with Crippen LogP contribution in [0.25, 0.3) is 11.1 Å². The lowest BCUT2D eigenvalue weighted by molar-refractivity contribution is -0.140. The molecule has 1 aliphatic carbocycles. The van der Waals surface area contributed by atoms with E-state index in [4.69, 9.17) is 9.47 Å². The lowest BCUT2D eigenvalue weighted by Crippen LogP contribution is -2.25. The lowest BCUT2D eigenvalue weighted by atomic mass is 9.79. The van der Waals surface area contributed by atoms with Gasteiger partial charge in [-0.1, -0.05) is 96.4 Å². The molecule has 38 heavy (non-hydrogen) atoms. The van der Waals surface area contributed by atoms with Gasteiger partial charge in [0.05, 0.1) is 12.0 Å². The minimum atomic E-state index is -0.0571. The zero-order chi connectivity index (χ0) is 27.2. The highest BCUT2D eigenvalue weighted by molar-refractivity contribution is 5.75. The van der Waals surface area contributed by atoms with Gasteiger partial charge in [-0.15, -0.1) is 0 Å². The number of hydrogen-bond acceptors (Lipinski definition) is 3. The van der Waals surface area contributed by atoms with Gasteiger partial charge < -0.3 is 9.47 Å². The van der Waals surface area contributed by atoms with Gasteiger partial charge in [0.1, 0.15) is 11.5 Å². The molecule has 1 aliphatic rings. The van der Waals surface area contributed by atoms with E-state index < -0.39 is 0 Å². The Morgan fingerprint density at radius 3 is 1.97 bits per heavy atom. The first-order valence-corrected chi connectivity index (χ1v) is 15.6. The van der Waals surface area contributed by atoms with E-state index in [0.717, 1.165) is 48.0 Å². The number of unbranched alkanes of at least 4 members (excludes halogenated alkanes) is 4. The van der Waals surface area contributed by atoms with Crippen molar-refractivity contribution in [2.45, 2.75) is 124 Å². The molecule has 0 saturated heterocycles. The number of benzene rings is 2. The summed E-state index contributed by atoms with van der Waals surface area (Å²) < 4.78 is 11.9. The number of hydrogen-bond donors (Lipinski definition) is 0. The molecule has 3 rings (SSSR count). The minimum absolute atomic E-state index is 0.0487. The smallest absolute Gasteiger partial charge is 0.314 e. The molecule has 0 heterocycles. The van der Waals surface area contributed by atoms with Gasteiger partial charge in [-0.2, -0.15) is 0 Å². The van der Waals surface area contributed by atoms with E-state index in [1.807, 2.05) is 36.4 Å². The van der Waals surface area contributed by atoms with E-state index in [1.54, 1.807) is 0 Å². The highest BCUT2D eigenvalue weighted by atomic mass is 16.5. The maximum Gasteiger partial charge on any atom is 0.314 e. The second kappa shape index (κ2) is 16.6. The molecule has 0 aromatic heterocycles. The van der Waals surface area contributed by atoms with Crippen LogP contribution in [0, 0.1) is 17.8 Å². The van der Waals surface area contributed by atoms with Crippen molar-refractivity contribution in [3.63, 3.8) is 0 Å². The van der Waals surface area contributed by atoms with E-state index in [1.165, 1.54) is 70.6 Å². The van der Waals surface area contributed by atoms with Crippen molar-refractivity contribution in [3.8, 4) is 22.6 Å². The molecule has 0 radical (unpaired) electrons. The van der Waals surface area contributed by atoms with E-state index in [2.05, 4.69) is 39.8 Å². The fourth-order valence-electron chi connectivity index (χ4n) is 5.61. The summed E-state index contributed by atoms with van der Waals surface area (Å²) in [5.74, 6) is 3.20. The van der Waals surface area contributed by atoms with Crippen molar-refractivity contribution in [2.75, 3.05) is 0 Å². The molecule has 0 aliphatic heterocycles. The highest BCUT2D eigenvalue weighted by Gasteiger charge is 2.27. The minimum Gasteiger partial charge on any atom is -0.491 e. The zero-order valence-corrected chi connectivity index (χ0v) is 24.6. The number of carbonyl (C=O) groups is 1. The molecule has 2 atom stereocenters. The Bertz CT molecular complexity index is 909. The Kier molecular flexibility index (Phi) is 13.2. The molecule has 210 valence electrons. The number of rotatable bonds is 16. The maximum absolute atomic E-state index is 12.8. The molecule has 0 unspecified atom stereocenters. The van der Waals surface area contributed by atoms with Gasteiger partial charge in [0.2, 0.25) is 0 Å². The SMILES string of the molecule is CCCCCC[C@@H](C)Oc1ccc(-c2ccc(OC(=O)C3CCC(CCCC[C@@H](C)CC)CC3)cc2)cc1. The maximum atomic E-state index is 12.8. The van der Waals surface area contributed by atoms with Gasteiger partial charge in [-0.05, 0) is 92.7 Å². The van der Waals surface area contributed by atoms with Crippen molar-refractivity contribution >= 4 is 5.97 Å². The first-order valence-electron chi connectivity index (χ1n) is 15.6. The van der Waals surface area contributed by atoms with Crippen LogP contribution in [0.4, 0.5) is 0 Å². The fourth-order valence-corrected chi connectivity index (χ4v) is 5.61. The Morgan fingerprint density at radius 1 is 0.763 bits per heavy atom. The Balaban J connectivity index is 1.39. The monoisotopic (exact) mass is 520 g/mol. The number of carbonyl (C=O) groups excluding carboxylic acids is 1. The van der Waals surface area contributed by atoms with E-state index in [-0.39, 0.29) is 18.0 Å². The second-order valence-electron chi connectivity index (χ2n) is 11.8. The molecule has 2 aromatic carbocycles. The standard InChI is InChI=1S/C35H52O3/c1-5-7-8-9-13-28(4)37-33-23-19-30(20-24-33)31-21-25-34(26-22-31)38-35(36)32-17-15-29(16-18-32)14-11-10-12-27(3)6-2/h19-29,32H,5-18H2,1-4H3/t27-,28+,29?,32?/m0/s1. The van der Waals surface area contributed by atoms with Crippen LogP contribution in [0.3, 0.4) is 0 Å². The average molecular weight is 521 g/mol. The Hall–Kier alpha value is -2.29. The van der Waals surface area contributed by atoms with Crippen LogP contribution in [-0.4, -0.2) is 12.1 Å². The zero-order valence-electron chi connectivity index (χ0n) is 24.6. The molecular formula is C35H52O3. The van der Waals surface area contributed by atoms with Crippen molar-refractivity contribution in [3.05, 3.63) is 48.5 Å². The largest absolute Gasteiger partial charge is 0.491 e. The Morgan fingerprint density at radius 2 is 1.37 bits per heavy atom. The van der Waals surface area contributed by atoms with Crippen LogP contribution >= 0.6 is 0 Å². The van der Waals surface area contributed by atoms with Crippen LogP contribution in [0.1, 0.15) is 118 Å². The normalized spacial score (nSPS) is 19.1. The predicted molar refractivity (Wildman–Crippen MR) is 160 cm³/mol. The third-order valence-corrected chi connectivity index (χ3v) is 8.50. The number of ether oxygens (including phenoxy) is 2. The third-order valence-electron chi connectivity index (χ3n) is 8.50. The molecule has 1 saturated carbocycles. The van der Waals surface area contributed by atoms with Crippen molar-refractivity contribution in [2.24, 2.45) is 17.8 Å². The first kappa shape index (κ1) is 30.3. The summed E-state index contributed by atoms with van der Waals surface area (Å²) >= 11 is 0. The van der Waals surface area contributed by atoms with E-state index in [9.17, 15) is 4.79 Å². The second-order valence-corrected chi connectivity index (χ2v) is 11.8. The molecule has 0 N–H and O–H groups in total. The fraction of sp³-hybridized carbons (Fsp3) is 0.629. The molecule has 2 aromatic rings. The van der Waals surface area contributed by atoms with Crippen LogP contribution in [-0.2, 0) is 4.79 Å². The molecule has 1 fully saturated rings. The topological polar surface area (TPSA) is 35.5 Å². The summed E-state index contributed by atoms with van der Waals surface area (Å²) in [7, 11) is 0. The van der Waals surface area contributed by atoms with Crippen LogP contribution in [0.2, 0.25) is 0 Å². The van der Waals surface area contributed by atoms with Crippen molar-refractivity contribution < 1.29 is 14.3 Å². The van der Waals surface area contributed by atoms with E-state index in [0.29, 0.717) is 5.75 Å². The van der Waals surface area contributed by atoms with Gasteiger partial charge >= 0.3 is 5.97 Å².